The molecule has 2 aromatic rings. The third kappa shape index (κ3) is 3.95. The Labute approximate surface area is 119 Å². The predicted octanol–water partition coefficient (Wildman–Crippen LogP) is 4.63. The Morgan fingerprint density at radius 2 is 1.76 bits per heavy atom. The molecule has 0 aromatic heterocycles. The first-order valence-corrected chi connectivity index (χ1v) is 6.04. The summed E-state index contributed by atoms with van der Waals surface area (Å²) in [6.45, 7) is 1.83. The molecule has 21 heavy (non-hydrogen) atoms. The first-order valence-electron chi connectivity index (χ1n) is 6.04. The zero-order chi connectivity index (χ0) is 15.5. The molecule has 4 nitrogen and oxygen atoms in total. The quantitative estimate of drug-likeness (QED) is 0.509. The molecule has 1 N–H and O–H groups in total. The van der Waals surface area contributed by atoms with Crippen LogP contribution in [0, 0.1) is 12.1 Å². The van der Waals surface area contributed by atoms with Crippen LogP contribution in [0.2, 0.25) is 0 Å². The maximum absolute atomic E-state index is 12.4. The molecule has 0 spiro atoms. The molecule has 0 aliphatic heterocycles. The first kappa shape index (κ1) is 14.8. The summed E-state index contributed by atoms with van der Waals surface area (Å²) >= 11 is 0. The number of anilines is 1. The van der Waals surface area contributed by atoms with E-state index in [2.05, 4.69) is 10.6 Å². The van der Waals surface area contributed by atoms with Gasteiger partial charge in [-0.3, -0.25) is 0 Å². The zero-order valence-corrected chi connectivity index (χ0v) is 11.1. The lowest BCUT2D eigenvalue weighted by Gasteiger charge is -2.07. The predicted molar refractivity (Wildman–Crippen MR) is 72.0 cm³/mol. The minimum Gasteiger partial charge on any atom is -0.691 e. The number of nitrogens with zero attached hydrogens (tertiary/aromatic N) is 2. The molecule has 7 heteroatoms. The maximum atomic E-state index is 12.4. The second kappa shape index (κ2) is 5.82. The Morgan fingerprint density at radius 3 is 2.33 bits per heavy atom. The average molecular weight is 295 g/mol. The van der Waals surface area contributed by atoms with Gasteiger partial charge in [0.1, 0.15) is 5.69 Å². The summed E-state index contributed by atoms with van der Waals surface area (Å²) in [5.41, 5.74) is 3.17. The van der Waals surface area contributed by atoms with Gasteiger partial charge in [-0.1, -0.05) is 12.1 Å². The molecule has 0 bridgehead atoms. The molecular formula is C14H12F3N3O. The number of alkyl halides is 3. The van der Waals surface area contributed by atoms with Gasteiger partial charge in [-0.15, -0.1) is 10.3 Å². The van der Waals surface area contributed by atoms with E-state index in [0.29, 0.717) is 10.5 Å². The van der Waals surface area contributed by atoms with Gasteiger partial charge in [0.15, 0.2) is 5.69 Å². The standard InChI is InChI=1S/C14H12F3N3O/c1-10-3-2-4-13(9-10)20(21)19-18-12-7-5-11(6-8-12)14(15,16)17/h2-9,18H,1H3/b20-19-. The van der Waals surface area contributed by atoms with Crippen molar-refractivity contribution in [3.63, 3.8) is 0 Å². The lowest BCUT2D eigenvalue weighted by molar-refractivity contribution is -0.439. The van der Waals surface area contributed by atoms with Crippen LogP contribution in [-0.2, 0) is 6.18 Å². The number of halogens is 3. The molecule has 0 aliphatic rings. The largest absolute Gasteiger partial charge is 0.691 e. The Balaban J connectivity index is 2.10. The number of benzene rings is 2. The molecule has 0 fully saturated rings. The van der Waals surface area contributed by atoms with Crippen molar-refractivity contribution >= 4 is 11.4 Å². The number of hydrogen-bond donors (Lipinski definition) is 1. The van der Waals surface area contributed by atoms with Crippen LogP contribution in [0.4, 0.5) is 24.5 Å². The highest BCUT2D eigenvalue weighted by Crippen LogP contribution is 2.29. The van der Waals surface area contributed by atoms with Crippen LogP contribution in [0.1, 0.15) is 11.1 Å². The lowest BCUT2D eigenvalue weighted by atomic mass is 10.2. The Morgan fingerprint density at radius 1 is 1.10 bits per heavy atom. The van der Waals surface area contributed by atoms with E-state index in [0.717, 1.165) is 17.7 Å². The van der Waals surface area contributed by atoms with E-state index < -0.39 is 11.7 Å². The van der Waals surface area contributed by atoms with Crippen molar-refractivity contribution in [3.8, 4) is 0 Å². The molecule has 0 amide bonds. The van der Waals surface area contributed by atoms with Crippen LogP contribution in [0.15, 0.2) is 53.8 Å². The lowest BCUT2D eigenvalue weighted by Crippen LogP contribution is -2.04. The minimum absolute atomic E-state index is 0.288. The fourth-order valence-corrected chi connectivity index (χ4v) is 1.64. The van der Waals surface area contributed by atoms with Crippen LogP contribution >= 0.6 is 0 Å². The highest BCUT2D eigenvalue weighted by molar-refractivity contribution is 5.44. The normalized spacial score (nSPS) is 12.3. The Bertz CT molecular complexity index is 651. The van der Waals surface area contributed by atoms with E-state index >= 15 is 0 Å². The molecule has 2 rings (SSSR count). The summed E-state index contributed by atoms with van der Waals surface area (Å²) in [6, 6.07) is 11.0. The molecule has 0 radical (unpaired) electrons. The molecule has 0 aliphatic carbocycles. The molecule has 0 unspecified atom stereocenters. The van der Waals surface area contributed by atoms with Crippen molar-refractivity contribution in [2.75, 3.05) is 5.43 Å². The van der Waals surface area contributed by atoms with Gasteiger partial charge in [0.05, 0.1) is 10.8 Å². The van der Waals surface area contributed by atoms with Crippen LogP contribution in [0.3, 0.4) is 0 Å². The molecule has 2 aromatic carbocycles. The van der Waals surface area contributed by atoms with Gasteiger partial charge < -0.3 is 5.21 Å². The highest BCUT2D eigenvalue weighted by Gasteiger charge is 2.30. The molecule has 110 valence electrons. The molecule has 0 atom stereocenters. The topological polar surface area (TPSA) is 50.5 Å². The van der Waals surface area contributed by atoms with Crippen molar-refractivity contribution in [1.82, 2.24) is 0 Å². The molecule has 0 heterocycles. The number of nitrogens with one attached hydrogen (secondary N) is 1. The minimum atomic E-state index is -4.39. The monoisotopic (exact) mass is 295 g/mol. The van der Waals surface area contributed by atoms with Crippen molar-refractivity contribution in [2.45, 2.75) is 13.1 Å². The fraction of sp³-hybridized carbons (Fsp3) is 0.143. The van der Waals surface area contributed by atoms with Crippen molar-refractivity contribution in [1.29, 1.82) is 0 Å². The Hall–Kier alpha value is -2.57. The summed E-state index contributed by atoms with van der Waals surface area (Å²) in [4.78, 5) is 0.366. The third-order valence-electron chi connectivity index (χ3n) is 2.70. The van der Waals surface area contributed by atoms with E-state index in [1.54, 1.807) is 18.2 Å². The highest BCUT2D eigenvalue weighted by atomic mass is 19.4. The maximum Gasteiger partial charge on any atom is 0.416 e. The molecular weight excluding hydrogens is 283 g/mol. The summed E-state index contributed by atoms with van der Waals surface area (Å²) in [5, 5.41) is 15.2. The van der Waals surface area contributed by atoms with Gasteiger partial charge in [0, 0.05) is 0 Å². The second-order valence-corrected chi connectivity index (χ2v) is 4.40. The first-order chi connectivity index (χ1) is 9.86. The number of rotatable bonds is 3. The van der Waals surface area contributed by atoms with E-state index in [4.69, 9.17) is 0 Å². The van der Waals surface area contributed by atoms with Crippen LogP contribution < -0.4 is 5.43 Å². The van der Waals surface area contributed by atoms with E-state index in [-0.39, 0.29) is 5.69 Å². The fourth-order valence-electron chi connectivity index (χ4n) is 1.64. The zero-order valence-electron chi connectivity index (χ0n) is 11.1. The number of aryl methyl sites for hydroxylation is 1. The van der Waals surface area contributed by atoms with Gasteiger partial charge in [-0.2, -0.15) is 13.2 Å². The second-order valence-electron chi connectivity index (χ2n) is 4.40. The van der Waals surface area contributed by atoms with E-state index in [1.165, 1.54) is 12.1 Å². The van der Waals surface area contributed by atoms with Crippen LogP contribution in [-0.4, -0.2) is 4.86 Å². The average Bonchev–Trinajstić information content (AvgIpc) is 2.44. The smallest absolute Gasteiger partial charge is 0.416 e. The summed E-state index contributed by atoms with van der Waals surface area (Å²) < 4.78 is 37.2. The molecule has 0 saturated carbocycles. The van der Waals surface area contributed by atoms with E-state index in [9.17, 15) is 18.4 Å². The van der Waals surface area contributed by atoms with E-state index in [1.807, 2.05) is 13.0 Å². The van der Waals surface area contributed by atoms with Crippen molar-refractivity contribution in [3.05, 3.63) is 64.9 Å². The van der Waals surface area contributed by atoms with Gasteiger partial charge in [0.25, 0.3) is 0 Å². The van der Waals surface area contributed by atoms with Crippen molar-refractivity contribution in [2.24, 2.45) is 5.22 Å². The van der Waals surface area contributed by atoms with Gasteiger partial charge in [0.2, 0.25) is 0 Å². The van der Waals surface area contributed by atoms with Crippen LogP contribution in [0.25, 0.3) is 0 Å². The van der Waals surface area contributed by atoms with Crippen LogP contribution in [0.5, 0.6) is 0 Å². The summed E-state index contributed by atoms with van der Waals surface area (Å²) in [7, 11) is 0. The Kier molecular flexibility index (Phi) is 4.11. The van der Waals surface area contributed by atoms with Crippen molar-refractivity contribution < 1.29 is 18.0 Å². The van der Waals surface area contributed by atoms with Gasteiger partial charge in [-0.05, 0) is 48.9 Å². The third-order valence-corrected chi connectivity index (χ3v) is 2.70. The SMILES string of the molecule is Cc1cccc(/[N+]([O-])=N/Nc2ccc(C(F)(F)F)cc2)c1. The summed E-state index contributed by atoms with van der Waals surface area (Å²) in [6.07, 6.45) is -4.39. The van der Waals surface area contributed by atoms with Gasteiger partial charge >= 0.3 is 6.18 Å². The number of hydrogen-bond acceptors (Lipinski definition) is 2. The van der Waals surface area contributed by atoms with Gasteiger partial charge in [-0.25, -0.2) is 0 Å². The summed E-state index contributed by atoms with van der Waals surface area (Å²) in [5.74, 6) is 0. The molecule has 0 saturated heterocycles.